The Kier molecular flexibility index (Phi) is 5.44. The molecule has 1 saturated heterocycles. The molecule has 106 valence electrons. The lowest BCUT2D eigenvalue weighted by molar-refractivity contribution is -0.137. The zero-order chi connectivity index (χ0) is 13.5. The maximum atomic E-state index is 5.47. The van der Waals surface area contributed by atoms with Crippen molar-refractivity contribution >= 4 is 0 Å². The maximum Gasteiger partial charge on any atom is 0.161 e. The summed E-state index contributed by atoms with van der Waals surface area (Å²) in [6.07, 6.45) is 1.19. The minimum absolute atomic E-state index is 0.244. The Labute approximate surface area is 113 Å². The first-order valence-corrected chi connectivity index (χ1v) is 6.44. The number of benzene rings is 1. The predicted octanol–water partition coefficient (Wildman–Crippen LogP) is 1.56. The molecule has 5 heteroatoms. The minimum Gasteiger partial charge on any atom is -0.493 e. The van der Waals surface area contributed by atoms with E-state index >= 15 is 0 Å². The van der Waals surface area contributed by atoms with E-state index in [4.69, 9.17) is 18.9 Å². The first kappa shape index (κ1) is 14.1. The Bertz CT molecular complexity index is 391. The molecule has 0 radical (unpaired) electrons. The van der Waals surface area contributed by atoms with Crippen molar-refractivity contribution in [2.24, 2.45) is 0 Å². The van der Waals surface area contributed by atoms with Crippen molar-refractivity contribution in [3.8, 4) is 11.5 Å². The largest absolute Gasteiger partial charge is 0.493 e. The van der Waals surface area contributed by atoms with Crippen molar-refractivity contribution < 1.29 is 18.9 Å². The topological polar surface area (TPSA) is 49.0 Å². The molecular formula is C14H21NO4. The maximum absolute atomic E-state index is 5.47. The van der Waals surface area contributed by atoms with Crippen LogP contribution < -0.4 is 14.8 Å². The van der Waals surface area contributed by atoms with Gasteiger partial charge in [-0.2, -0.15) is 0 Å². The van der Waals surface area contributed by atoms with Crippen molar-refractivity contribution in [3.05, 3.63) is 23.8 Å². The molecule has 2 rings (SSSR count). The van der Waals surface area contributed by atoms with E-state index in [1.807, 2.05) is 18.2 Å². The highest BCUT2D eigenvalue weighted by Gasteiger charge is 2.13. The second kappa shape index (κ2) is 7.33. The van der Waals surface area contributed by atoms with Gasteiger partial charge in [-0.3, -0.25) is 0 Å². The van der Waals surface area contributed by atoms with E-state index in [1.54, 1.807) is 14.2 Å². The highest BCUT2D eigenvalue weighted by Crippen LogP contribution is 2.27. The third-order valence-corrected chi connectivity index (χ3v) is 3.12. The molecule has 1 heterocycles. The van der Waals surface area contributed by atoms with Crippen LogP contribution in [0.2, 0.25) is 0 Å². The molecule has 1 N–H and O–H groups in total. The molecule has 0 bridgehead atoms. The van der Waals surface area contributed by atoms with Crippen LogP contribution in [-0.2, 0) is 16.0 Å². The lowest BCUT2D eigenvalue weighted by atomic mass is 10.2. The van der Waals surface area contributed by atoms with E-state index in [2.05, 4.69) is 5.32 Å². The van der Waals surface area contributed by atoms with Gasteiger partial charge in [-0.25, -0.2) is 0 Å². The van der Waals surface area contributed by atoms with Crippen LogP contribution in [-0.4, -0.2) is 40.3 Å². The van der Waals surface area contributed by atoms with Gasteiger partial charge in [0, 0.05) is 13.1 Å². The van der Waals surface area contributed by atoms with Gasteiger partial charge in [-0.1, -0.05) is 6.07 Å². The molecule has 1 aliphatic heterocycles. The minimum atomic E-state index is 0.244. The van der Waals surface area contributed by atoms with Crippen LogP contribution in [0.4, 0.5) is 0 Å². The van der Waals surface area contributed by atoms with E-state index < -0.39 is 0 Å². The van der Waals surface area contributed by atoms with Gasteiger partial charge in [0.25, 0.3) is 0 Å². The molecule has 0 aliphatic carbocycles. The zero-order valence-corrected chi connectivity index (χ0v) is 11.5. The van der Waals surface area contributed by atoms with E-state index in [0.717, 1.165) is 43.2 Å². The molecule has 1 atom stereocenters. The molecule has 1 aliphatic rings. The molecule has 0 aromatic heterocycles. The van der Waals surface area contributed by atoms with Crippen LogP contribution in [0, 0.1) is 0 Å². The molecule has 1 aromatic rings. The molecule has 1 fully saturated rings. The third kappa shape index (κ3) is 4.09. The standard InChI is InChI=1S/C14H21NO4/c1-16-13-4-3-11(7-14(13)17-2)8-15-9-12-5-6-18-10-19-12/h3-4,7,12,15H,5-6,8-10H2,1-2H3. The van der Waals surface area contributed by atoms with Gasteiger partial charge in [-0.05, 0) is 24.1 Å². The van der Waals surface area contributed by atoms with E-state index in [9.17, 15) is 0 Å². The molecule has 0 saturated carbocycles. The molecule has 0 spiro atoms. The van der Waals surface area contributed by atoms with Crippen molar-refractivity contribution in [3.63, 3.8) is 0 Å². The first-order chi connectivity index (χ1) is 9.33. The van der Waals surface area contributed by atoms with Crippen LogP contribution in [0.5, 0.6) is 11.5 Å². The Balaban J connectivity index is 1.81. The monoisotopic (exact) mass is 267 g/mol. The summed E-state index contributed by atoms with van der Waals surface area (Å²) in [6, 6.07) is 5.93. The van der Waals surface area contributed by atoms with Gasteiger partial charge in [0.15, 0.2) is 11.5 Å². The fourth-order valence-electron chi connectivity index (χ4n) is 2.03. The smallest absolute Gasteiger partial charge is 0.161 e. The average molecular weight is 267 g/mol. The summed E-state index contributed by atoms with van der Waals surface area (Å²) in [5, 5.41) is 3.38. The third-order valence-electron chi connectivity index (χ3n) is 3.12. The Hall–Kier alpha value is -1.30. The van der Waals surface area contributed by atoms with Crippen molar-refractivity contribution in [2.75, 3.05) is 34.2 Å². The van der Waals surface area contributed by atoms with E-state index in [0.29, 0.717) is 6.79 Å². The Morgan fingerprint density at radius 1 is 1.26 bits per heavy atom. The van der Waals surface area contributed by atoms with Crippen LogP contribution in [0.25, 0.3) is 0 Å². The summed E-state index contributed by atoms with van der Waals surface area (Å²) in [5.41, 5.74) is 1.16. The first-order valence-electron chi connectivity index (χ1n) is 6.44. The van der Waals surface area contributed by atoms with Crippen LogP contribution in [0.15, 0.2) is 18.2 Å². The molecule has 19 heavy (non-hydrogen) atoms. The fraction of sp³-hybridized carbons (Fsp3) is 0.571. The molecule has 5 nitrogen and oxygen atoms in total. The Morgan fingerprint density at radius 3 is 2.79 bits per heavy atom. The second-order valence-electron chi connectivity index (χ2n) is 4.42. The highest BCUT2D eigenvalue weighted by atomic mass is 16.7. The predicted molar refractivity (Wildman–Crippen MR) is 71.6 cm³/mol. The fourth-order valence-corrected chi connectivity index (χ4v) is 2.03. The summed E-state index contributed by atoms with van der Waals surface area (Å²) < 4.78 is 21.1. The molecular weight excluding hydrogens is 246 g/mol. The summed E-state index contributed by atoms with van der Waals surface area (Å²) in [6.45, 7) is 2.80. The SMILES string of the molecule is COc1ccc(CNCC2CCOCO2)cc1OC. The molecule has 1 aromatic carbocycles. The second-order valence-corrected chi connectivity index (χ2v) is 4.42. The number of methoxy groups -OCH3 is 2. The summed E-state index contributed by atoms with van der Waals surface area (Å²) >= 11 is 0. The van der Waals surface area contributed by atoms with Crippen molar-refractivity contribution in [1.29, 1.82) is 0 Å². The summed E-state index contributed by atoms with van der Waals surface area (Å²) in [7, 11) is 3.28. The van der Waals surface area contributed by atoms with Crippen molar-refractivity contribution in [2.45, 2.75) is 19.1 Å². The van der Waals surface area contributed by atoms with Crippen molar-refractivity contribution in [1.82, 2.24) is 5.32 Å². The van der Waals surface area contributed by atoms with Gasteiger partial charge in [0.1, 0.15) is 6.79 Å². The molecule has 0 amide bonds. The molecule has 1 unspecified atom stereocenters. The van der Waals surface area contributed by atoms with Gasteiger partial charge in [-0.15, -0.1) is 0 Å². The summed E-state index contributed by atoms with van der Waals surface area (Å²) in [4.78, 5) is 0. The van der Waals surface area contributed by atoms with Gasteiger partial charge >= 0.3 is 0 Å². The number of ether oxygens (including phenoxy) is 4. The Morgan fingerprint density at radius 2 is 2.11 bits per heavy atom. The lowest BCUT2D eigenvalue weighted by Gasteiger charge is -2.23. The number of nitrogens with one attached hydrogen (secondary N) is 1. The normalized spacial score (nSPS) is 19.2. The van der Waals surface area contributed by atoms with Gasteiger partial charge in [0.2, 0.25) is 0 Å². The lowest BCUT2D eigenvalue weighted by Crippen LogP contribution is -2.33. The number of hydrogen-bond acceptors (Lipinski definition) is 5. The summed E-state index contributed by atoms with van der Waals surface area (Å²) in [5.74, 6) is 1.50. The quantitative estimate of drug-likeness (QED) is 0.847. The highest BCUT2D eigenvalue weighted by molar-refractivity contribution is 5.42. The zero-order valence-electron chi connectivity index (χ0n) is 11.5. The van der Waals surface area contributed by atoms with E-state index in [1.165, 1.54) is 0 Å². The van der Waals surface area contributed by atoms with Crippen LogP contribution >= 0.6 is 0 Å². The van der Waals surface area contributed by atoms with Crippen LogP contribution in [0.1, 0.15) is 12.0 Å². The number of rotatable bonds is 6. The van der Waals surface area contributed by atoms with Gasteiger partial charge in [0.05, 0.1) is 26.9 Å². The van der Waals surface area contributed by atoms with Crippen LogP contribution in [0.3, 0.4) is 0 Å². The van der Waals surface area contributed by atoms with Gasteiger partial charge < -0.3 is 24.3 Å². The number of hydrogen-bond donors (Lipinski definition) is 1. The average Bonchev–Trinajstić information content (AvgIpc) is 2.48. The van der Waals surface area contributed by atoms with E-state index in [-0.39, 0.29) is 6.10 Å².